The van der Waals surface area contributed by atoms with Crippen molar-refractivity contribution in [2.45, 2.75) is 154 Å². The van der Waals surface area contributed by atoms with Crippen molar-refractivity contribution in [2.75, 3.05) is 0 Å². The predicted molar refractivity (Wildman–Crippen MR) is 160 cm³/mol. The summed E-state index contributed by atoms with van der Waals surface area (Å²) in [6.45, 7) is 9.82. The second kappa shape index (κ2) is 38.8. The van der Waals surface area contributed by atoms with Gasteiger partial charge in [-0.1, -0.05) is 97.8 Å². The smallest absolute Gasteiger partial charge is 0.306 e. The van der Waals surface area contributed by atoms with Crippen molar-refractivity contribution in [1.29, 1.82) is 0 Å². The highest BCUT2D eigenvalue weighted by molar-refractivity contribution is 14.1. The van der Waals surface area contributed by atoms with Crippen LogP contribution in [0.2, 0.25) is 0 Å². The summed E-state index contributed by atoms with van der Waals surface area (Å²) in [7, 11) is 0. The molecule has 0 spiro atoms. The van der Waals surface area contributed by atoms with Crippen molar-refractivity contribution >= 4 is 57.7 Å². The number of carbonyl (C=O) groups excluding carboxylic acids is 3. The third kappa shape index (κ3) is 58.8. The first-order valence-electron chi connectivity index (χ1n) is 13.8. The number of rotatable bonds is 19. The lowest BCUT2D eigenvalue weighted by Crippen LogP contribution is -2.08. The summed E-state index contributed by atoms with van der Waals surface area (Å²) in [5.74, 6) is -0.727. The van der Waals surface area contributed by atoms with Crippen LogP contribution in [0.5, 0.6) is 0 Å². The Kier molecular flexibility index (Phi) is 45.7. The lowest BCUT2D eigenvalue weighted by molar-refractivity contribution is -0.144. The van der Waals surface area contributed by atoms with E-state index in [1.807, 2.05) is 6.92 Å². The van der Waals surface area contributed by atoms with Crippen LogP contribution in [0.15, 0.2) is 0 Å². The molecule has 0 fully saturated rings. The molecule has 1 unspecified atom stereocenters. The van der Waals surface area contributed by atoms with Gasteiger partial charge < -0.3 is 14.6 Å². The highest BCUT2D eigenvalue weighted by Gasteiger charge is 2.05. The van der Waals surface area contributed by atoms with Gasteiger partial charge in [-0.3, -0.25) is 14.4 Å². The fraction of sp³-hybridized carbons (Fsp3) is 0.857. The normalized spacial score (nSPS) is 10.3. The van der Waals surface area contributed by atoms with Crippen LogP contribution in [0.3, 0.4) is 0 Å². The topological polar surface area (TPSA) is 97.7 Å². The van der Waals surface area contributed by atoms with Gasteiger partial charge in [0, 0.05) is 19.3 Å². The molecule has 0 rings (SSSR count). The molecule has 0 radical (unpaired) electrons. The van der Waals surface area contributed by atoms with Gasteiger partial charge in [0.15, 0.2) is 0 Å². The number of esters is 1. The standard InChI is InChI=1S/C10H19IO2.C8H15ClO.C8H16O2.C2H4O/c1-3-4-5-6-7-8-10(12)13-9(2)11;2*1-2-3-4-5-6-7-8(9)10;1-2-3/h9H,3-8H2,1-2H3;2-7H2,1H3;2-7H2,1H3,(H,9,10);2H,1H3. The molecule has 0 aromatic heterocycles. The summed E-state index contributed by atoms with van der Waals surface area (Å²) in [5.41, 5.74) is 0. The van der Waals surface area contributed by atoms with E-state index < -0.39 is 5.97 Å². The number of ether oxygens (including phenoxy) is 1. The van der Waals surface area contributed by atoms with E-state index in [9.17, 15) is 14.4 Å². The Hall–Kier alpha value is -0.700. The molecule has 36 heavy (non-hydrogen) atoms. The minimum atomic E-state index is -0.670. The maximum absolute atomic E-state index is 11.1. The number of carboxylic acid groups (broad SMARTS) is 1. The quantitative estimate of drug-likeness (QED) is 0.0374. The lowest BCUT2D eigenvalue weighted by atomic mass is 10.1. The first-order chi connectivity index (χ1) is 17.1. The first kappa shape index (κ1) is 42.4. The summed E-state index contributed by atoms with van der Waals surface area (Å²) >= 11 is 7.24. The Morgan fingerprint density at radius 3 is 1.39 bits per heavy atom. The van der Waals surface area contributed by atoms with Crippen LogP contribution in [-0.4, -0.2) is 32.7 Å². The zero-order valence-electron chi connectivity index (χ0n) is 23.6. The Bertz CT molecular complexity index is 463. The van der Waals surface area contributed by atoms with Gasteiger partial charge in [0.25, 0.3) is 0 Å². The fourth-order valence-corrected chi connectivity index (χ4v) is 3.28. The lowest BCUT2D eigenvalue weighted by Gasteiger charge is -2.05. The molecule has 0 aliphatic heterocycles. The zero-order valence-corrected chi connectivity index (χ0v) is 26.5. The zero-order chi connectivity index (χ0) is 28.5. The monoisotopic (exact) mass is 648 g/mol. The number of hydrogen-bond donors (Lipinski definition) is 1. The van der Waals surface area contributed by atoms with Crippen molar-refractivity contribution in [1.82, 2.24) is 0 Å². The SMILES string of the molecule is CC=O.CCCCCCCC(=O)Cl.CCCCCCCC(=O)O.CCCCCCCC(=O)OC(C)I. The molecule has 0 aromatic rings. The Morgan fingerprint density at radius 2 is 1.08 bits per heavy atom. The molecule has 0 aromatic carbocycles. The molecule has 0 heterocycles. The molecule has 1 N–H and O–H groups in total. The second-order valence-corrected chi connectivity index (χ2v) is 10.7. The number of alkyl halides is 1. The van der Waals surface area contributed by atoms with Crippen LogP contribution in [0, 0.1) is 0 Å². The van der Waals surface area contributed by atoms with E-state index in [1.54, 1.807) is 0 Å². The Morgan fingerprint density at radius 1 is 0.750 bits per heavy atom. The van der Waals surface area contributed by atoms with Crippen molar-refractivity contribution in [3.8, 4) is 0 Å². The van der Waals surface area contributed by atoms with Gasteiger partial charge in [-0.25, -0.2) is 0 Å². The predicted octanol–water partition coefficient (Wildman–Crippen LogP) is 9.42. The van der Waals surface area contributed by atoms with Crippen molar-refractivity contribution < 1.29 is 29.0 Å². The molecule has 216 valence electrons. The Labute approximate surface area is 240 Å². The van der Waals surface area contributed by atoms with Crippen LogP contribution in [0.4, 0.5) is 0 Å². The number of aliphatic carboxylic acids is 1. The number of unbranched alkanes of at least 4 members (excludes halogenated alkanes) is 12. The van der Waals surface area contributed by atoms with Gasteiger partial charge >= 0.3 is 11.9 Å². The summed E-state index contributed by atoms with van der Waals surface area (Å²) in [4.78, 5) is 40.1. The van der Waals surface area contributed by atoms with E-state index in [0.717, 1.165) is 44.8 Å². The minimum absolute atomic E-state index is 0.000687. The van der Waals surface area contributed by atoms with E-state index in [2.05, 4.69) is 43.4 Å². The maximum Gasteiger partial charge on any atom is 0.306 e. The average Bonchev–Trinajstić information content (AvgIpc) is 2.79. The van der Waals surface area contributed by atoms with Gasteiger partial charge in [-0.05, 0) is 67.3 Å². The fourth-order valence-electron chi connectivity index (χ4n) is 2.86. The molecule has 0 saturated carbocycles. The number of carbonyl (C=O) groups is 4. The van der Waals surface area contributed by atoms with Crippen LogP contribution in [0.1, 0.15) is 150 Å². The molecule has 0 bridgehead atoms. The third-order valence-corrected chi connectivity index (χ3v) is 5.19. The molecule has 6 nitrogen and oxygen atoms in total. The first-order valence-corrected chi connectivity index (χ1v) is 15.4. The van der Waals surface area contributed by atoms with E-state index >= 15 is 0 Å². The molecule has 0 aliphatic rings. The molecule has 0 amide bonds. The van der Waals surface area contributed by atoms with Crippen molar-refractivity contribution in [2.24, 2.45) is 0 Å². The van der Waals surface area contributed by atoms with E-state index in [0.29, 0.717) is 19.3 Å². The van der Waals surface area contributed by atoms with Crippen LogP contribution in [0.25, 0.3) is 0 Å². The highest BCUT2D eigenvalue weighted by atomic mass is 127. The summed E-state index contributed by atoms with van der Waals surface area (Å²) in [6.07, 6.45) is 19.5. The molecular weight excluding hydrogens is 595 g/mol. The van der Waals surface area contributed by atoms with Gasteiger partial charge in [-0.15, -0.1) is 0 Å². The van der Waals surface area contributed by atoms with E-state index in [4.69, 9.17) is 26.2 Å². The largest absolute Gasteiger partial charge is 0.481 e. The molecule has 1 atom stereocenters. The van der Waals surface area contributed by atoms with Crippen LogP contribution >= 0.6 is 34.2 Å². The molecular formula is C28H54ClIO6. The van der Waals surface area contributed by atoms with Gasteiger partial charge in [0.2, 0.25) is 5.24 Å². The summed E-state index contributed by atoms with van der Waals surface area (Å²) < 4.78 is 5.01. The summed E-state index contributed by atoms with van der Waals surface area (Å²) in [6, 6.07) is 0. The molecule has 0 aliphatic carbocycles. The molecule has 8 heteroatoms. The van der Waals surface area contributed by atoms with Gasteiger partial charge in [0.05, 0.1) is 0 Å². The minimum Gasteiger partial charge on any atom is -0.481 e. The van der Waals surface area contributed by atoms with Crippen LogP contribution < -0.4 is 0 Å². The van der Waals surface area contributed by atoms with E-state index in [-0.39, 0.29) is 15.3 Å². The highest BCUT2D eigenvalue weighted by Crippen LogP contribution is 2.08. The van der Waals surface area contributed by atoms with Gasteiger partial charge in [0.1, 0.15) is 10.4 Å². The number of carboxylic acids is 1. The molecule has 0 saturated heterocycles. The Balaban J connectivity index is -0.000000204. The number of halogens is 2. The summed E-state index contributed by atoms with van der Waals surface area (Å²) in [5, 5.41) is 8.07. The maximum atomic E-state index is 11.1. The second-order valence-electron chi connectivity index (χ2n) is 8.51. The van der Waals surface area contributed by atoms with Crippen molar-refractivity contribution in [3.05, 3.63) is 0 Å². The van der Waals surface area contributed by atoms with Crippen LogP contribution in [-0.2, 0) is 23.9 Å². The average molecular weight is 649 g/mol. The number of hydrogen-bond acceptors (Lipinski definition) is 5. The van der Waals surface area contributed by atoms with Crippen molar-refractivity contribution in [3.63, 3.8) is 0 Å². The van der Waals surface area contributed by atoms with E-state index in [1.165, 1.54) is 64.7 Å². The van der Waals surface area contributed by atoms with Gasteiger partial charge in [-0.2, -0.15) is 0 Å². The third-order valence-electron chi connectivity index (χ3n) is 4.75. The number of aldehydes is 1.